The van der Waals surface area contributed by atoms with Crippen LogP contribution < -0.4 is 0 Å². The summed E-state index contributed by atoms with van der Waals surface area (Å²) in [4.78, 5) is 36.9. The standard InChI is InChI=1S/C48H90O6/c1-4-7-10-13-22-29-38-46(39-30-23-14-11-8-5-2)54-48(51)41-32-25-19-17-21-28-37-45(49)36-27-20-16-18-24-31-40-47(50)53-44-35-34-43-52-42-33-26-15-12-9-6-3/h34-35,46H,4-33,36-44H2,1-3H3/b35-34-. The predicted molar refractivity (Wildman–Crippen MR) is 229 cm³/mol. The van der Waals surface area contributed by atoms with Crippen LogP contribution in [0.15, 0.2) is 12.2 Å². The van der Waals surface area contributed by atoms with Gasteiger partial charge in [-0.15, -0.1) is 0 Å². The molecule has 0 fully saturated rings. The molecular weight excluding hydrogens is 673 g/mol. The lowest BCUT2D eigenvalue weighted by atomic mass is 10.0. The first kappa shape index (κ1) is 52.3. The van der Waals surface area contributed by atoms with Crippen LogP contribution in [0.1, 0.15) is 252 Å². The molecule has 0 spiro atoms. The second kappa shape index (κ2) is 44.0. The number of carbonyl (C=O) groups excluding carboxylic acids is 3. The molecular formula is C48H90O6. The highest BCUT2D eigenvalue weighted by Gasteiger charge is 2.14. The summed E-state index contributed by atoms with van der Waals surface area (Å²) in [6, 6.07) is 0. The van der Waals surface area contributed by atoms with Crippen molar-refractivity contribution in [1.82, 2.24) is 0 Å². The van der Waals surface area contributed by atoms with Crippen molar-refractivity contribution in [2.24, 2.45) is 0 Å². The molecule has 0 unspecified atom stereocenters. The summed E-state index contributed by atoms with van der Waals surface area (Å²) in [5, 5.41) is 0. The summed E-state index contributed by atoms with van der Waals surface area (Å²) in [6.07, 6.45) is 43.9. The zero-order valence-electron chi connectivity index (χ0n) is 36.3. The van der Waals surface area contributed by atoms with Crippen LogP contribution in [-0.4, -0.2) is 43.6 Å². The zero-order valence-corrected chi connectivity index (χ0v) is 36.3. The van der Waals surface area contributed by atoms with Gasteiger partial charge in [-0.1, -0.05) is 175 Å². The molecule has 0 aromatic carbocycles. The van der Waals surface area contributed by atoms with Gasteiger partial charge < -0.3 is 14.2 Å². The smallest absolute Gasteiger partial charge is 0.306 e. The Morgan fingerprint density at radius 1 is 0.407 bits per heavy atom. The van der Waals surface area contributed by atoms with Gasteiger partial charge in [-0.2, -0.15) is 0 Å². The van der Waals surface area contributed by atoms with Crippen LogP contribution in [0, 0.1) is 0 Å². The molecule has 0 atom stereocenters. The molecule has 0 amide bonds. The highest BCUT2D eigenvalue weighted by molar-refractivity contribution is 5.78. The fraction of sp³-hybridized carbons (Fsp3) is 0.896. The molecule has 0 heterocycles. The number of hydrogen-bond acceptors (Lipinski definition) is 6. The molecule has 54 heavy (non-hydrogen) atoms. The van der Waals surface area contributed by atoms with Gasteiger partial charge in [-0.05, 0) is 63.9 Å². The van der Waals surface area contributed by atoms with Crippen molar-refractivity contribution >= 4 is 17.7 Å². The lowest BCUT2D eigenvalue weighted by Crippen LogP contribution is -2.18. The molecule has 6 nitrogen and oxygen atoms in total. The average Bonchev–Trinajstić information content (AvgIpc) is 3.16. The summed E-state index contributed by atoms with van der Waals surface area (Å²) >= 11 is 0. The number of unbranched alkanes of at least 4 members (excludes halogenated alkanes) is 25. The topological polar surface area (TPSA) is 78.9 Å². The van der Waals surface area contributed by atoms with E-state index in [9.17, 15) is 14.4 Å². The van der Waals surface area contributed by atoms with Crippen molar-refractivity contribution in [3.63, 3.8) is 0 Å². The van der Waals surface area contributed by atoms with Crippen LogP contribution in [-0.2, 0) is 28.6 Å². The Morgan fingerprint density at radius 3 is 1.26 bits per heavy atom. The van der Waals surface area contributed by atoms with Crippen molar-refractivity contribution < 1.29 is 28.6 Å². The summed E-state index contributed by atoms with van der Waals surface area (Å²) in [7, 11) is 0. The van der Waals surface area contributed by atoms with Gasteiger partial charge >= 0.3 is 11.9 Å². The Hall–Kier alpha value is -1.69. The van der Waals surface area contributed by atoms with E-state index in [0.717, 1.165) is 103 Å². The van der Waals surface area contributed by atoms with Crippen LogP contribution in [0.25, 0.3) is 0 Å². The third-order valence-electron chi connectivity index (χ3n) is 10.6. The zero-order chi connectivity index (χ0) is 39.4. The van der Waals surface area contributed by atoms with E-state index in [1.807, 2.05) is 12.2 Å². The van der Waals surface area contributed by atoms with Gasteiger partial charge in [0.25, 0.3) is 0 Å². The first-order chi connectivity index (χ1) is 26.5. The average molecular weight is 763 g/mol. The minimum absolute atomic E-state index is 0.00175. The van der Waals surface area contributed by atoms with Gasteiger partial charge in [0, 0.05) is 32.3 Å². The Bertz CT molecular complexity index is 823. The van der Waals surface area contributed by atoms with Crippen molar-refractivity contribution in [2.45, 2.75) is 258 Å². The molecule has 0 aliphatic heterocycles. The fourth-order valence-corrected chi connectivity index (χ4v) is 7.02. The van der Waals surface area contributed by atoms with Crippen molar-refractivity contribution in [2.75, 3.05) is 19.8 Å². The highest BCUT2D eigenvalue weighted by atomic mass is 16.5. The van der Waals surface area contributed by atoms with E-state index in [-0.39, 0.29) is 18.0 Å². The SMILES string of the molecule is CCCCCCCCOC/C=C\COC(=O)CCCCCCCCC(=O)CCCCCCCCC(=O)OC(CCCCCCCC)CCCCCCCC. The number of esters is 2. The van der Waals surface area contributed by atoms with E-state index in [4.69, 9.17) is 14.2 Å². The van der Waals surface area contributed by atoms with Crippen molar-refractivity contribution in [3.05, 3.63) is 12.2 Å². The second-order valence-electron chi connectivity index (χ2n) is 16.0. The number of ketones is 1. The Morgan fingerprint density at radius 2 is 0.778 bits per heavy atom. The molecule has 6 heteroatoms. The van der Waals surface area contributed by atoms with E-state index < -0.39 is 0 Å². The van der Waals surface area contributed by atoms with Gasteiger partial charge in [0.05, 0.1) is 6.61 Å². The first-order valence-corrected chi connectivity index (χ1v) is 23.6. The summed E-state index contributed by atoms with van der Waals surface area (Å²) in [5.74, 6) is 0.275. The minimum atomic E-state index is -0.126. The molecule has 0 radical (unpaired) electrons. The Kier molecular flexibility index (Phi) is 42.7. The number of hydrogen-bond donors (Lipinski definition) is 0. The van der Waals surface area contributed by atoms with Crippen molar-refractivity contribution in [1.29, 1.82) is 0 Å². The predicted octanol–water partition coefficient (Wildman–Crippen LogP) is 14.7. The van der Waals surface area contributed by atoms with Gasteiger partial charge in [0.2, 0.25) is 0 Å². The van der Waals surface area contributed by atoms with Crippen LogP contribution >= 0.6 is 0 Å². The molecule has 318 valence electrons. The van der Waals surface area contributed by atoms with E-state index in [1.54, 1.807) is 0 Å². The summed E-state index contributed by atoms with van der Waals surface area (Å²) in [5.41, 5.74) is 0. The van der Waals surface area contributed by atoms with Crippen LogP contribution in [0.5, 0.6) is 0 Å². The minimum Gasteiger partial charge on any atom is -0.462 e. The van der Waals surface area contributed by atoms with E-state index in [2.05, 4.69) is 20.8 Å². The Labute approximate surface area is 335 Å². The summed E-state index contributed by atoms with van der Waals surface area (Å²) < 4.78 is 16.9. The van der Waals surface area contributed by atoms with E-state index in [1.165, 1.54) is 109 Å². The summed E-state index contributed by atoms with van der Waals surface area (Å²) in [6.45, 7) is 8.46. The van der Waals surface area contributed by atoms with Crippen LogP contribution in [0.2, 0.25) is 0 Å². The fourth-order valence-electron chi connectivity index (χ4n) is 7.02. The molecule has 0 rings (SSSR count). The molecule has 0 aromatic rings. The van der Waals surface area contributed by atoms with Crippen LogP contribution in [0.3, 0.4) is 0 Å². The highest BCUT2D eigenvalue weighted by Crippen LogP contribution is 2.19. The lowest BCUT2D eigenvalue weighted by Gasteiger charge is -2.18. The number of Topliss-reactive ketones (excluding diaryl/α,β-unsaturated/α-hetero) is 1. The number of ether oxygens (including phenoxy) is 3. The third kappa shape index (κ3) is 41.5. The first-order valence-electron chi connectivity index (χ1n) is 23.6. The van der Waals surface area contributed by atoms with Crippen molar-refractivity contribution in [3.8, 4) is 0 Å². The van der Waals surface area contributed by atoms with Gasteiger partial charge in [-0.25, -0.2) is 0 Å². The van der Waals surface area contributed by atoms with Gasteiger partial charge in [0.1, 0.15) is 18.5 Å². The normalized spacial score (nSPS) is 11.6. The molecule has 0 aliphatic carbocycles. The van der Waals surface area contributed by atoms with Gasteiger partial charge in [-0.3, -0.25) is 14.4 Å². The lowest BCUT2D eigenvalue weighted by molar-refractivity contribution is -0.150. The monoisotopic (exact) mass is 763 g/mol. The maximum Gasteiger partial charge on any atom is 0.306 e. The molecule has 0 N–H and O–H groups in total. The van der Waals surface area contributed by atoms with E-state index in [0.29, 0.717) is 44.7 Å². The number of carbonyl (C=O) groups is 3. The maximum atomic E-state index is 12.6. The van der Waals surface area contributed by atoms with Crippen LogP contribution in [0.4, 0.5) is 0 Å². The van der Waals surface area contributed by atoms with E-state index >= 15 is 0 Å². The maximum absolute atomic E-state index is 12.6. The third-order valence-corrected chi connectivity index (χ3v) is 10.6. The molecule has 0 saturated carbocycles. The largest absolute Gasteiger partial charge is 0.462 e. The number of rotatable bonds is 44. The quantitative estimate of drug-likeness (QED) is 0.0349. The molecule has 0 saturated heterocycles. The van der Waals surface area contributed by atoms with Gasteiger partial charge in [0.15, 0.2) is 0 Å². The molecule has 0 aliphatic rings. The molecule has 0 bridgehead atoms. The molecule has 0 aromatic heterocycles. The Balaban J connectivity index is 3.69. The second-order valence-corrected chi connectivity index (χ2v) is 16.0.